The van der Waals surface area contributed by atoms with Gasteiger partial charge in [0, 0.05) is 17.5 Å². The number of aromatic hydroxyl groups is 1. The largest absolute Gasteiger partial charge is 0.506 e. The van der Waals surface area contributed by atoms with Crippen molar-refractivity contribution in [2.45, 2.75) is 12.8 Å². The van der Waals surface area contributed by atoms with Crippen molar-refractivity contribution in [3.63, 3.8) is 0 Å². The number of amides is 1. The number of carbonyl (C=O) groups is 2. The lowest BCUT2D eigenvalue weighted by Crippen LogP contribution is -2.17. The first kappa shape index (κ1) is 19.0. The SMILES string of the molecule is O=C(O)CCC#Cc1cccc(C=NNC(=O)c2ccc(O)c(Cl)c2)c1. The highest BCUT2D eigenvalue weighted by Gasteiger charge is 2.07. The molecule has 0 aliphatic rings. The highest BCUT2D eigenvalue weighted by atomic mass is 35.5. The minimum Gasteiger partial charge on any atom is -0.506 e. The zero-order valence-corrected chi connectivity index (χ0v) is 14.3. The van der Waals surface area contributed by atoms with Gasteiger partial charge in [-0.2, -0.15) is 5.10 Å². The number of nitrogens with zero attached hydrogens (tertiary/aromatic N) is 1. The summed E-state index contributed by atoms with van der Waals surface area (Å²) in [4.78, 5) is 22.4. The van der Waals surface area contributed by atoms with Gasteiger partial charge in [0.15, 0.2) is 0 Å². The van der Waals surface area contributed by atoms with Gasteiger partial charge in [-0.15, -0.1) is 0 Å². The average molecular weight is 371 g/mol. The molecule has 2 rings (SSSR count). The van der Waals surface area contributed by atoms with Gasteiger partial charge in [-0.25, -0.2) is 5.43 Å². The Labute approximate surface area is 155 Å². The lowest BCUT2D eigenvalue weighted by Gasteiger charge is -2.02. The fourth-order valence-corrected chi connectivity index (χ4v) is 2.09. The number of carbonyl (C=O) groups excluding carboxylic acids is 1. The molecule has 2 aromatic rings. The molecule has 0 saturated carbocycles. The first-order chi connectivity index (χ1) is 12.5. The van der Waals surface area contributed by atoms with Crippen LogP contribution in [0, 0.1) is 11.8 Å². The normalized spacial score (nSPS) is 10.2. The first-order valence-electron chi connectivity index (χ1n) is 7.58. The highest BCUT2D eigenvalue weighted by Crippen LogP contribution is 2.23. The molecule has 0 unspecified atom stereocenters. The average Bonchev–Trinajstić information content (AvgIpc) is 2.61. The van der Waals surface area contributed by atoms with Gasteiger partial charge in [0.2, 0.25) is 0 Å². The van der Waals surface area contributed by atoms with E-state index < -0.39 is 11.9 Å². The van der Waals surface area contributed by atoms with E-state index in [1.807, 2.05) is 0 Å². The number of hydrogen-bond acceptors (Lipinski definition) is 4. The molecule has 2 aromatic carbocycles. The van der Waals surface area contributed by atoms with Gasteiger partial charge >= 0.3 is 5.97 Å². The zero-order chi connectivity index (χ0) is 18.9. The molecule has 0 bridgehead atoms. The Morgan fingerprint density at radius 2 is 2.04 bits per heavy atom. The molecular formula is C19H15ClN2O4. The molecule has 6 nitrogen and oxygen atoms in total. The van der Waals surface area contributed by atoms with Gasteiger partial charge in [-0.1, -0.05) is 35.6 Å². The molecule has 0 atom stereocenters. The van der Waals surface area contributed by atoms with E-state index >= 15 is 0 Å². The van der Waals surface area contributed by atoms with Crippen molar-refractivity contribution in [3.05, 3.63) is 64.2 Å². The fraction of sp³-hybridized carbons (Fsp3) is 0.105. The minimum absolute atomic E-state index is 0.00145. The van der Waals surface area contributed by atoms with Gasteiger partial charge in [0.25, 0.3) is 5.91 Å². The summed E-state index contributed by atoms with van der Waals surface area (Å²) in [6.45, 7) is 0. The van der Waals surface area contributed by atoms with Crippen LogP contribution in [0.1, 0.15) is 34.3 Å². The molecule has 0 aliphatic heterocycles. The molecule has 0 saturated heterocycles. The number of hydrazone groups is 1. The van der Waals surface area contributed by atoms with E-state index in [1.165, 1.54) is 24.4 Å². The van der Waals surface area contributed by atoms with Crippen molar-refractivity contribution in [1.82, 2.24) is 5.43 Å². The summed E-state index contributed by atoms with van der Waals surface area (Å²) in [6, 6.07) is 11.2. The van der Waals surface area contributed by atoms with Crippen molar-refractivity contribution in [2.24, 2.45) is 5.10 Å². The second-order valence-corrected chi connectivity index (χ2v) is 5.59. The Balaban J connectivity index is 1.97. The van der Waals surface area contributed by atoms with Crippen molar-refractivity contribution < 1.29 is 19.8 Å². The number of rotatable bonds is 5. The second kappa shape index (κ2) is 9.25. The number of carboxylic acid groups (broad SMARTS) is 1. The van der Waals surface area contributed by atoms with Crippen LogP contribution in [0.15, 0.2) is 47.6 Å². The maximum absolute atomic E-state index is 12.0. The Bertz CT molecular complexity index is 913. The monoisotopic (exact) mass is 370 g/mol. The maximum Gasteiger partial charge on any atom is 0.304 e. The molecule has 0 aliphatic carbocycles. The quantitative estimate of drug-likeness (QED) is 0.428. The van der Waals surface area contributed by atoms with E-state index in [0.717, 1.165) is 11.1 Å². The van der Waals surface area contributed by atoms with E-state index in [2.05, 4.69) is 22.4 Å². The van der Waals surface area contributed by atoms with Crippen LogP contribution in [0.5, 0.6) is 5.75 Å². The fourth-order valence-electron chi connectivity index (χ4n) is 1.91. The predicted molar refractivity (Wildman–Crippen MR) is 98.4 cm³/mol. The van der Waals surface area contributed by atoms with Crippen LogP contribution in [-0.4, -0.2) is 28.3 Å². The maximum atomic E-state index is 12.0. The molecule has 26 heavy (non-hydrogen) atoms. The van der Waals surface area contributed by atoms with Crippen LogP contribution in [0.4, 0.5) is 0 Å². The summed E-state index contributed by atoms with van der Waals surface area (Å²) in [5.74, 6) is 4.21. The predicted octanol–water partition coefficient (Wildman–Crippen LogP) is 3.03. The van der Waals surface area contributed by atoms with Crippen LogP contribution >= 0.6 is 11.6 Å². The van der Waals surface area contributed by atoms with Crippen molar-refractivity contribution >= 4 is 29.7 Å². The lowest BCUT2D eigenvalue weighted by atomic mass is 10.1. The van der Waals surface area contributed by atoms with Crippen LogP contribution in [0.3, 0.4) is 0 Å². The van der Waals surface area contributed by atoms with E-state index in [0.29, 0.717) is 0 Å². The van der Waals surface area contributed by atoms with E-state index in [4.69, 9.17) is 16.7 Å². The van der Waals surface area contributed by atoms with Crippen molar-refractivity contribution in [2.75, 3.05) is 0 Å². The van der Waals surface area contributed by atoms with Gasteiger partial charge in [0.05, 0.1) is 17.7 Å². The summed E-state index contributed by atoms with van der Waals surface area (Å²) in [6.07, 6.45) is 1.74. The molecule has 0 aromatic heterocycles. The van der Waals surface area contributed by atoms with Gasteiger partial charge in [-0.3, -0.25) is 9.59 Å². The van der Waals surface area contributed by atoms with Crippen LogP contribution in [0.2, 0.25) is 5.02 Å². The summed E-state index contributed by atoms with van der Waals surface area (Å²) >= 11 is 5.76. The smallest absolute Gasteiger partial charge is 0.304 e. The number of phenols is 1. The number of benzene rings is 2. The number of aliphatic carboxylic acids is 1. The van der Waals surface area contributed by atoms with Crippen LogP contribution in [0.25, 0.3) is 0 Å². The third-order valence-electron chi connectivity index (χ3n) is 3.17. The number of hydrogen-bond donors (Lipinski definition) is 3. The third kappa shape index (κ3) is 5.96. The topological polar surface area (TPSA) is 99.0 Å². The minimum atomic E-state index is -0.883. The summed E-state index contributed by atoms with van der Waals surface area (Å²) in [5.41, 5.74) is 4.07. The molecule has 7 heteroatoms. The molecule has 0 radical (unpaired) electrons. The number of halogens is 1. The van der Waals surface area contributed by atoms with Crippen LogP contribution < -0.4 is 5.43 Å². The van der Waals surface area contributed by atoms with E-state index in [1.54, 1.807) is 24.3 Å². The molecule has 0 spiro atoms. The molecule has 0 heterocycles. The third-order valence-corrected chi connectivity index (χ3v) is 3.48. The Kier molecular flexibility index (Phi) is 6.77. The van der Waals surface area contributed by atoms with E-state index in [-0.39, 0.29) is 29.2 Å². The molecule has 132 valence electrons. The summed E-state index contributed by atoms with van der Waals surface area (Å²) in [7, 11) is 0. The molecular weight excluding hydrogens is 356 g/mol. The molecule has 0 fully saturated rings. The summed E-state index contributed by atoms with van der Waals surface area (Å²) in [5, 5.41) is 21.9. The highest BCUT2D eigenvalue weighted by molar-refractivity contribution is 6.32. The van der Waals surface area contributed by atoms with Gasteiger partial charge < -0.3 is 10.2 Å². The lowest BCUT2D eigenvalue weighted by molar-refractivity contribution is -0.136. The Morgan fingerprint density at radius 1 is 1.23 bits per heavy atom. The molecule has 3 N–H and O–H groups in total. The van der Waals surface area contributed by atoms with Gasteiger partial charge in [0.1, 0.15) is 5.75 Å². The Morgan fingerprint density at radius 3 is 2.77 bits per heavy atom. The first-order valence-corrected chi connectivity index (χ1v) is 7.96. The Hall–Kier alpha value is -3.30. The zero-order valence-electron chi connectivity index (χ0n) is 13.6. The molecule has 1 amide bonds. The van der Waals surface area contributed by atoms with Crippen LogP contribution in [-0.2, 0) is 4.79 Å². The number of phenolic OH excluding ortho intramolecular Hbond substituents is 1. The summed E-state index contributed by atoms with van der Waals surface area (Å²) < 4.78 is 0. The van der Waals surface area contributed by atoms with Crippen molar-refractivity contribution in [3.8, 4) is 17.6 Å². The number of nitrogens with one attached hydrogen (secondary N) is 1. The van der Waals surface area contributed by atoms with Crippen molar-refractivity contribution in [1.29, 1.82) is 0 Å². The van der Waals surface area contributed by atoms with Gasteiger partial charge in [-0.05, 0) is 35.9 Å². The van der Waals surface area contributed by atoms with E-state index in [9.17, 15) is 14.7 Å². The standard InChI is InChI=1S/C19H15ClN2O4/c20-16-11-15(8-9-17(16)23)19(26)22-21-12-14-6-3-5-13(10-14)4-1-2-7-18(24)25/h3,5-6,8-12,23H,2,7H2,(H,22,26)(H,24,25). The second-order valence-electron chi connectivity index (χ2n) is 5.19. The number of carboxylic acids is 1.